The second-order valence-corrected chi connectivity index (χ2v) is 11.0. The molecule has 0 aliphatic rings. The maximum Gasteiger partial charge on any atom is 0.242 e. The molecule has 2 amide bonds. The van der Waals surface area contributed by atoms with Gasteiger partial charge in [-0.1, -0.05) is 18.2 Å². The van der Waals surface area contributed by atoms with Gasteiger partial charge in [-0.05, 0) is 42.8 Å². The molecule has 174 valence electrons. The van der Waals surface area contributed by atoms with Crippen LogP contribution in [0.15, 0.2) is 58.3 Å². The van der Waals surface area contributed by atoms with Gasteiger partial charge in [0, 0.05) is 33.3 Å². The summed E-state index contributed by atoms with van der Waals surface area (Å²) in [7, 11) is -4.89. The molecule has 2 aromatic rings. The summed E-state index contributed by atoms with van der Waals surface area (Å²) >= 11 is 0. The van der Waals surface area contributed by atoms with E-state index in [1.54, 1.807) is 18.2 Å². The van der Waals surface area contributed by atoms with Crippen LogP contribution in [0.1, 0.15) is 19.4 Å². The first-order valence-corrected chi connectivity index (χ1v) is 12.4. The third kappa shape index (κ3) is 6.36. The van der Waals surface area contributed by atoms with Crippen LogP contribution in [0.2, 0.25) is 0 Å². The second kappa shape index (κ2) is 10.2. The van der Waals surface area contributed by atoms with Crippen LogP contribution in [0.25, 0.3) is 0 Å². The van der Waals surface area contributed by atoms with E-state index in [1.807, 2.05) is 0 Å². The van der Waals surface area contributed by atoms with Crippen molar-refractivity contribution in [3.05, 3.63) is 54.1 Å². The van der Waals surface area contributed by atoms with Crippen molar-refractivity contribution in [3.63, 3.8) is 0 Å². The smallest absolute Gasteiger partial charge is 0.242 e. The maximum atomic E-state index is 12.6. The number of anilines is 1. The molecule has 12 heteroatoms. The highest BCUT2D eigenvalue weighted by Crippen LogP contribution is 2.18. The molecule has 0 saturated carbocycles. The Labute approximate surface area is 188 Å². The van der Waals surface area contributed by atoms with Gasteiger partial charge in [-0.3, -0.25) is 9.59 Å². The molecule has 0 fully saturated rings. The summed E-state index contributed by atoms with van der Waals surface area (Å²) in [4.78, 5) is 23.5. The van der Waals surface area contributed by atoms with Gasteiger partial charge in [0.25, 0.3) is 0 Å². The third-order valence-electron chi connectivity index (χ3n) is 4.39. The average molecular weight is 483 g/mol. The van der Waals surface area contributed by atoms with Crippen molar-refractivity contribution in [2.75, 3.05) is 19.4 Å². The minimum Gasteiger partial charge on any atom is -0.351 e. The Balaban J connectivity index is 2.07. The van der Waals surface area contributed by atoms with E-state index < -0.39 is 32.0 Å². The molecule has 0 spiro atoms. The van der Waals surface area contributed by atoms with Crippen LogP contribution < -0.4 is 15.4 Å². The zero-order valence-electron chi connectivity index (χ0n) is 18.1. The molecule has 0 saturated heterocycles. The van der Waals surface area contributed by atoms with E-state index in [1.165, 1.54) is 58.3 Å². The Kier molecular flexibility index (Phi) is 8.13. The first-order valence-electron chi connectivity index (χ1n) is 9.52. The Hall–Kier alpha value is -2.80. The van der Waals surface area contributed by atoms with Gasteiger partial charge in [-0.15, -0.1) is 0 Å². The number of hydrogen-bond donors (Lipinski definition) is 3. The van der Waals surface area contributed by atoms with E-state index in [2.05, 4.69) is 15.4 Å². The zero-order valence-corrected chi connectivity index (χ0v) is 19.7. The van der Waals surface area contributed by atoms with E-state index in [4.69, 9.17) is 0 Å². The zero-order chi connectivity index (χ0) is 24.1. The average Bonchev–Trinajstić information content (AvgIpc) is 2.71. The largest absolute Gasteiger partial charge is 0.351 e. The molecule has 1 atom stereocenters. The van der Waals surface area contributed by atoms with Crippen molar-refractivity contribution >= 4 is 37.5 Å². The second-order valence-electron chi connectivity index (χ2n) is 7.16. The number of sulfonamides is 2. The van der Waals surface area contributed by atoms with Crippen LogP contribution >= 0.6 is 0 Å². The van der Waals surface area contributed by atoms with Crippen molar-refractivity contribution in [1.82, 2.24) is 14.3 Å². The Morgan fingerprint density at radius 3 is 2.12 bits per heavy atom. The van der Waals surface area contributed by atoms with Crippen molar-refractivity contribution in [1.29, 1.82) is 0 Å². The van der Waals surface area contributed by atoms with Crippen molar-refractivity contribution in [2.45, 2.75) is 36.2 Å². The molecule has 0 heterocycles. The molecule has 0 aliphatic heterocycles. The Morgan fingerprint density at radius 2 is 1.56 bits per heavy atom. The summed E-state index contributed by atoms with van der Waals surface area (Å²) in [6.45, 7) is 2.61. The lowest BCUT2D eigenvalue weighted by Gasteiger charge is -2.17. The van der Waals surface area contributed by atoms with Crippen LogP contribution in [0.3, 0.4) is 0 Å². The van der Waals surface area contributed by atoms with E-state index in [9.17, 15) is 26.4 Å². The molecule has 2 rings (SSSR count). The van der Waals surface area contributed by atoms with Crippen molar-refractivity contribution < 1.29 is 26.4 Å². The summed E-state index contributed by atoms with van der Waals surface area (Å²) in [5.41, 5.74) is 0.812. The van der Waals surface area contributed by atoms with E-state index in [0.29, 0.717) is 11.3 Å². The molecule has 32 heavy (non-hydrogen) atoms. The van der Waals surface area contributed by atoms with Gasteiger partial charge < -0.3 is 10.6 Å². The van der Waals surface area contributed by atoms with E-state index in [-0.39, 0.29) is 22.2 Å². The van der Waals surface area contributed by atoms with Crippen molar-refractivity contribution in [2.24, 2.45) is 0 Å². The summed E-state index contributed by atoms with van der Waals surface area (Å²) in [5, 5.41) is 5.09. The fourth-order valence-electron chi connectivity index (χ4n) is 2.71. The normalized spacial score (nSPS) is 12.9. The highest BCUT2D eigenvalue weighted by Gasteiger charge is 2.24. The number of benzene rings is 2. The van der Waals surface area contributed by atoms with Gasteiger partial charge in [0.05, 0.1) is 15.8 Å². The van der Waals surface area contributed by atoms with E-state index >= 15 is 0 Å². The minimum absolute atomic E-state index is 0.0535. The van der Waals surface area contributed by atoms with Gasteiger partial charge in [0.15, 0.2) is 0 Å². The highest BCUT2D eigenvalue weighted by molar-refractivity contribution is 7.89. The lowest BCUT2D eigenvalue weighted by atomic mass is 10.2. The number of hydrogen-bond acceptors (Lipinski definition) is 6. The highest BCUT2D eigenvalue weighted by atomic mass is 32.2. The molecule has 0 bridgehead atoms. The Morgan fingerprint density at radius 1 is 0.969 bits per heavy atom. The quantitative estimate of drug-likeness (QED) is 0.484. The predicted octanol–water partition coefficient (Wildman–Crippen LogP) is 0.879. The SMILES string of the molecule is CC(=O)Nc1ccc(S(=O)(=O)N[C@@H](C)C(=O)NCc2ccccc2S(=O)(=O)N(C)C)cc1. The van der Waals surface area contributed by atoms with E-state index in [0.717, 1.165) is 4.31 Å². The number of nitrogens with zero attached hydrogens (tertiary/aromatic N) is 1. The molecule has 0 radical (unpaired) electrons. The van der Waals surface area contributed by atoms with Gasteiger partial charge >= 0.3 is 0 Å². The lowest BCUT2D eigenvalue weighted by molar-refractivity contribution is -0.122. The minimum atomic E-state index is -4.00. The summed E-state index contributed by atoms with van der Waals surface area (Å²) < 4.78 is 53.4. The molecular weight excluding hydrogens is 456 g/mol. The van der Waals surface area contributed by atoms with Gasteiger partial charge in [0.1, 0.15) is 0 Å². The maximum absolute atomic E-state index is 12.6. The third-order valence-corrected chi connectivity index (χ3v) is 7.87. The number of nitrogens with one attached hydrogen (secondary N) is 3. The Bertz CT molecular complexity index is 1190. The van der Waals surface area contributed by atoms with Crippen LogP contribution in [0.5, 0.6) is 0 Å². The fraction of sp³-hybridized carbons (Fsp3) is 0.300. The van der Waals surface area contributed by atoms with Gasteiger partial charge in [0.2, 0.25) is 31.9 Å². The van der Waals surface area contributed by atoms with Crippen LogP contribution in [0, 0.1) is 0 Å². The van der Waals surface area contributed by atoms with Crippen molar-refractivity contribution in [3.8, 4) is 0 Å². The summed E-state index contributed by atoms with van der Waals surface area (Å²) in [5.74, 6) is -0.913. The first-order chi connectivity index (χ1) is 14.8. The standard InChI is InChI=1S/C20H26N4O6S2/c1-14(23-31(27,28)18-11-9-17(10-12-18)22-15(2)25)20(26)21-13-16-7-5-6-8-19(16)32(29,30)24(3)4/h5-12,14,23H,13H2,1-4H3,(H,21,26)(H,22,25)/t14-/m0/s1. The summed E-state index contributed by atoms with van der Waals surface area (Å²) in [6, 6.07) is 10.6. The predicted molar refractivity (Wildman–Crippen MR) is 120 cm³/mol. The molecule has 0 aliphatic carbocycles. The molecule has 10 nitrogen and oxygen atoms in total. The van der Waals surface area contributed by atoms with Crippen LogP contribution in [-0.2, 0) is 36.2 Å². The van der Waals surface area contributed by atoms with Gasteiger partial charge in [-0.2, -0.15) is 4.72 Å². The number of amides is 2. The first kappa shape index (κ1) is 25.5. The van der Waals surface area contributed by atoms with Crippen LogP contribution in [0.4, 0.5) is 5.69 Å². The number of carbonyl (C=O) groups is 2. The molecule has 3 N–H and O–H groups in total. The molecule has 0 unspecified atom stereocenters. The topological polar surface area (TPSA) is 142 Å². The number of rotatable bonds is 9. The molecule has 2 aromatic carbocycles. The monoisotopic (exact) mass is 482 g/mol. The lowest BCUT2D eigenvalue weighted by Crippen LogP contribution is -2.44. The number of carbonyl (C=O) groups excluding carboxylic acids is 2. The fourth-order valence-corrected chi connectivity index (χ4v) is 5.03. The molecule has 0 aromatic heterocycles. The van der Waals surface area contributed by atoms with Gasteiger partial charge in [-0.25, -0.2) is 21.1 Å². The summed E-state index contributed by atoms with van der Waals surface area (Å²) in [6.07, 6.45) is 0. The van der Waals surface area contributed by atoms with Crippen LogP contribution in [-0.4, -0.2) is 53.1 Å². The molecular formula is C20H26N4O6S2.